The normalized spacial score (nSPS) is 20.0. The van der Waals surface area contributed by atoms with E-state index in [1.807, 2.05) is 6.92 Å². The molecule has 0 saturated carbocycles. The fraction of sp³-hybridized carbons (Fsp3) is 0.769. The Balaban J connectivity index is 2.44. The number of nitrogens with zero attached hydrogens (tertiary/aromatic N) is 2. The number of hydrogen-bond acceptors (Lipinski definition) is 6. The Morgan fingerprint density at radius 2 is 2.20 bits per heavy atom. The summed E-state index contributed by atoms with van der Waals surface area (Å²) in [4.78, 5) is 2.46. The van der Waals surface area contributed by atoms with Crippen molar-refractivity contribution in [2.45, 2.75) is 51.0 Å². The van der Waals surface area contributed by atoms with Crippen LogP contribution in [0.5, 0.6) is 0 Å². The van der Waals surface area contributed by atoms with Crippen LogP contribution in [0, 0.1) is 5.92 Å². The Morgan fingerprint density at radius 3 is 2.80 bits per heavy atom. The van der Waals surface area contributed by atoms with E-state index in [0.29, 0.717) is 18.4 Å². The zero-order valence-corrected chi connectivity index (χ0v) is 13.9. The molecule has 2 heterocycles. The van der Waals surface area contributed by atoms with Gasteiger partial charge in [-0.25, -0.2) is 8.42 Å². The molecule has 5 nitrogen and oxygen atoms in total. The molecular weight excluding hydrogens is 294 g/mol. The van der Waals surface area contributed by atoms with Crippen molar-refractivity contribution in [2.24, 2.45) is 5.92 Å². The summed E-state index contributed by atoms with van der Waals surface area (Å²) < 4.78 is 29.0. The first kappa shape index (κ1) is 15.6. The summed E-state index contributed by atoms with van der Waals surface area (Å²) in [5, 5.41) is 0.743. The van der Waals surface area contributed by atoms with Crippen molar-refractivity contribution >= 4 is 32.2 Å². The minimum absolute atomic E-state index is 0.128. The number of sulfone groups is 1. The van der Waals surface area contributed by atoms with E-state index in [0.717, 1.165) is 24.4 Å². The van der Waals surface area contributed by atoms with Gasteiger partial charge in [-0.2, -0.15) is 4.37 Å². The van der Waals surface area contributed by atoms with Gasteiger partial charge in [0.1, 0.15) is 9.90 Å². The van der Waals surface area contributed by atoms with Crippen LogP contribution in [-0.2, 0) is 9.84 Å². The van der Waals surface area contributed by atoms with Gasteiger partial charge in [-0.15, -0.1) is 0 Å². The van der Waals surface area contributed by atoms with E-state index in [2.05, 4.69) is 23.1 Å². The highest BCUT2D eigenvalue weighted by atomic mass is 32.2. The van der Waals surface area contributed by atoms with E-state index in [9.17, 15) is 8.42 Å². The van der Waals surface area contributed by atoms with Gasteiger partial charge in [-0.05, 0) is 36.7 Å². The molecule has 0 aliphatic carbocycles. The molecule has 1 saturated heterocycles. The molecule has 1 aliphatic rings. The molecule has 0 amide bonds. The Bertz CT molecular complexity index is 566. The number of aromatic nitrogens is 1. The van der Waals surface area contributed by atoms with Gasteiger partial charge in [0.2, 0.25) is 0 Å². The fourth-order valence-corrected chi connectivity index (χ4v) is 5.70. The Labute approximate surface area is 125 Å². The average molecular weight is 317 g/mol. The molecule has 7 heteroatoms. The first-order valence-corrected chi connectivity index (χ1v) is 9.55. The average Bonchev–Trinajstić information content (AvgIpc) is 2.94. The van der Waals surface area contributed by atoms with Crippen molar-refractivity contribution in [3.8, 4) is 0 Å². The maximum absolute atomic E-state index is 12.4. The van der Waals surface area contributed by atoms with E-state index in [4.69, 9.17) is 5.73 Å². The van der Waals surface area contributed by atoms with Gasteiger partial charge in [0, 0.05) is 12.6 Å². The van der Waals surface area contributed by atoms with Gasteiger partial charge in [0.05, 0.1) is 5.75 Å². The molecule has 114 valence electrons. The van der Waals surface area contributed by atoms with Crippen LogP contribution in [0.3, 0.4) is 0 Å². The smallest absolute Gasteiger partial charge is 0.185 e. The summed E-state index contributed by atoms with van der Waals surface area (Å²) in [5.74, 6) is 0.776. The third-order valence-electron chi connectivity index (χ3n) is 3.77. The van der Waals surface area contributed by atoms with Crippen LogP contribution < -0.4 is 10.6 Å². The monoisotopic (exact) mass is 317 g/mol. The summed E-state index contributed by atoms with van der Waals surface area (Å²) in [6.07, 6.45) is 2.78. The van der Waals surface area contributed by atoms with E-state index in [1.54, 1.807) is 0 Å². The third-order valence-corrected chi connectivity index (χ3v) is 6.77. The summed E-state index contributed by atoms with van der Waals surface area (Å²) in [6, 6.07) is 0.380. The molecule has 0 spiro atoms. The highest BCUT2D eigenvalue weighted by molar-refractivity contribution is 7.91. The zero-order valence-electron chi connectivity index (χ0n) is 12.3. The maximum atomic E-state index is 12.4. The highest BCUT2D eigenvalue weighted by Crippen LogP contribution is 2.40. The molecule has 1 unspecified atom stereocenters. The maximum Gasteiger partial charge on any atom is 0.185 e. The topological polar surface area (TPSA) is 76.3 Å². The zero-order chi connectivity index (χ0) is 14.9. The van der Waals surface area contributed by atoms with Crippen molar-refractivity contribution in [3.63, 3.8) is 0 Å². The van der Waals surface area contributed by atoms with Gasteiger partial charge < -0.3 is 10.6 Å². The fourth-order valence-electron chi connectivity index (χ4n) is 2.87. The molecule has 2 rings (SSSR count). The number of anilines is 2. The number of nitrogen functional groups attached to an aromatic ring is 1. The molecule has 1 aliphatic heterocycles. The quantitative estimate of drug-likeness (QED) is 0.903. The second kappa shape index (κ2) is 5.89. The minimum Gasteiger partial charge on any atom is -0.382 e. The van der Waals surface area contributed by atoms with Gasteiger partial charge in [0.25, 0.3) is 0 Å². The summed E-state index contributed by atoms with van der Waals surface area (Å²) in [6.45, 7) is 7.10. The van der Waals surface area contributed by atoms with E-state index in [1.165, 1.54) is 11.5 Å². The molecule has 1 aromatic rings. The van der Waals surface area contributed by atoms with Crippen molar-refractivity contribution in [3.05, 3.63) is 0 Å². The summed E-state index contributed by atoms with van der Waals surface area (Å²) in [5.41, 5.74) is 5.84. The highest BCUT2D eigenvalue weighted by Gasteiger charge is 2.34. The second-order valence-corrected chi connectivity index (χ2v) is 8.47. The standard InChI is InChI=1S/C13H23N3O2S2/c1-4-8-20(17,18)11-12(14)15-19-13(11)16-7-5-6-10(16)9(2)3/h9-10H,4-8H2,1-3H3,(H2,14,15). The summed E-state index contributed by atoms with van der Waals surface area (Å²) in [7, 11) is -3.33. The first-order chi connectivity index (χ1) is 9.38. The molecule has 0 bridgehead atoms. The lowest BCUT2D eigenvalue weighted by Crippen LogP contribution is -2.33. The Morgan fingerprint density at radius 1 is 1.50 bits per heavy atom. The number of hydrogen-bond donors (Lipinski definition) is 1. The molecule has 0 aromatic carbocycles. The predicted molar refractivity (Wildman–Crippen MR) is 84.1 cm³/mol. The largest absolute Gasteiger partial charge is 0.382 e. The first-order valence-electron chi connectivity index (χ1n) is 7.13. The van der Waals surface area contributed by atoms with Crippen LogP contribution in [0.25, 0.3) is 0 Å². The van der Waals surface area contributed by atoms with Gasteiger partial charge in [-0.3, -0.25) is 0 Å². The molecule has 1 aromatic heterocycles. The van der Waals surface area contributed by atoms with E-state index < -0.39 is 9.84 Å². The van der Waals surface area contributed by atoms with Crippen LogP contribution >= 0.6 is 11.5 Å². The Kier molecular flexibility index (Phi) is 4.59. The minimum atomic E-state index is -3.33. The van der Waals surface area contributed by atoms with Crippen molar-refractivity contribution in [1.82, 2.24) is 4.37 Å². The number of rotatable bonds is 5. The molecule has 2 N–H and O–H groups in total. The van der Waals surface area contributed by atoms with Crippen molar-refractivity contribution < 1.29 is 8.42 Å². The molecule has 0 radical (unpaired) electrons. The van der Waals surface area contributed by atoms with Gasteiger partial charge in [0.15, 0.2) is 15.7 Å². The van der Waals surface area contributed by atoms with Crippen LogP contribution in [0.4, 0.5) is 10.8 Å². The molecular formula is C13H23N3O2S2. The lowest BCUT2D eigenvalue weighted by atomic mass is 10.0. The van der Waals surface area contributed by atoms with E-state index in [-0.39, 0.29) is 16.5 Å². The van der Waals surface area contributed by atoms with Gasteiger partial charge in [-0.1, -0.05) is 20.8 Å². The van der Waals surface area contributed by atoms with E-state index >= 15 is 0 Å². The second-order valence-electron chi connectivity index (χ2n) is 5.67. The molecule has 1 atom stereocenters. The van der Waals surface area contributed by atoms with Crippen LogP contribution in [0.15, 0.2) is 4.90 Å². The lowest BCUT2D eigenvalue weighted by Gasteiger charge is -2.28. The number of nitrogens with two attached hydrogens (primary N) is 1. The SMILES string of the molecule is CCCS(=O)(=O)c1c(N)nsc1N1CCCC1C(C)C. The molecule has 20 heavy (non-hydrogen) atoms. The van der Waals surface area contributed by atoms with Crippen LogP contribution in [0.2, 0.25) is 0 Å². The van der Waals surface area contributed by atoms with Crippen LogP contribution in [-0.4, -0.2) is 31.1 Å². The predicted octanol–water partition coefficient (Wildman–Crippen LogP) is 2.53. The van der Waals surface area contributed by atoms with Gasteiger partial charge >= 0.3 is 0 Å². The third kappa shape index (κ3) is 2.79. The van der Waals surface area contributed by atoms with Crippen molar-refractivity contribution in [2.75, 3.05) is 22.9 Å². The summed E-state index contributed by atoms with van der Waals surface area (Å²) >= 11 is 1.22. The molecule has 1 fully saturated rings. The lowest BCUT2D eigenvalue weighted by molar-refractivity contribution is 0.492. The van der Waals surface area contributed by atoms with Crippen molar-refractivity contribution in [1.29, 1.82) is 0 Å². The Hall–Kier alpha value is -0.820. The van der Waals surface area contributed by atoms with Crippen LogP contribution in [0.1, 0.15) is 40.0 Å².